The third kappa shape index (κ3) is 3.13. The smallest absolute Gasteiger partial charge is 0.0762 e. The summed E-state index contributed by atoms with van der Waals surface area (Å²) in [5, 5.41) is 8.20. The van der Waals surface area contributed by atoms with Crippen molar-refractivity contribution in [1.82, 2.24) is 15.1 Å². The second-order valence-electron chi connectivity index (χ2n) is 5.78. The van der Waals surface area contributed by atoms with Crippen molar-refractivity contribution in [3.05, 3.63) is 39.3 Å². The van der Waals surface area contributed by atoms with Crippen LogP contribution in [-0.4, -0.2) is 9.78 Å². The van der Waals surface area contributed by atoms with Crippen LogP contribution in [0.2, 0.25) is 0 Å². The summed E-state index contributed by atoms with van der Waals surface area (Å²) in [5.74, 6) is 0. The predicted molar refractivity (Wildman–Crippen MR) is 84.1 cm³/mol. The van der Waals surface area contributed by atoms with Gasteiger partial charge in [0.15, 0.2) is 0 Å². The summed E-state index contributed by atoms with van der Waals surface area (Å²) in [4.78, 5) is 2.84. The van der Waals surface area contributed by atoms with Gasteiger partial charge in [0.2, 0.25) is 0 Å². The van der Waals surface area contributed by atoms with Gasteiger partial charge in [0.05, 0.1) is 11.7 Å². The zero-order valence-corrected chi connectivity index (χ0v) is 13.2. The van der Waals surface area contributed by atoms with E-state index in [1.54, 1.807) is 0 Å². The van der Waals surface area contributed by atoms with E-state index in [1.165, 1.54) is 41.0 Å². The first-order chi connectivity index (χ1) is 9.72. The fourth-order valence-corrected chi connectivity index (χ4v) is 3.92. The van der Waals surface area contributed by atoms with Gasteiger partial charge in [-0.2, -0.15) is 5.10 Å². The van der Waals surface area contributed by atoms with Crippen LogP contribution in [0.25, 0.3) is 0 Å². The van der Waals surface area contributed by atoms with Crippen molar-refractivity contribution in [3.8, 4) is 0 Å². The van der Waals surface area contributed by atoms with Crippen LogP contribution in [0, 0.1) is 13.8 Å². The van der Waals surface area contributed by atoms with Crippen LogP contribution in [0.15, 0.2) is 18.3 Å². The van der Waals surface area contributed by atoms with Crippen LogP contribution in [-0.2, 0) is 13.1 Å². The first-order valence-electron chi connectivity index (χ1n) is 7.53. The minimum atomic E-state index is 0.645. The highest BCUT2D eigenvalue weighted by Gasteiger charge is 2.17. The second kappa shape index (κ2) is 6.10. The molecular formula is C16H23N3S. The molecule has 1 saturated carbocycles. The molecule has 0 atom stereocenters. The van der Waals surface area contributed by atoms with E-state index in [-0.39, 0.29) is 0 Å². The van der Waals surface area contributed by atoms with Crippen molar-refractivity contribution in [2.24, 2.45) is 0 Å². The summed E-state index contributed by atoms with van der Waals surface area (Å²) >= 11 is 1.89. The first-order valence-corrected chi connectivity index (χ1v) is 8.34. The minimum absolute atomic E-state index is 0.645. The third-order valence-corrected chi connectivity index (χ3v) is 5.34. The molecule has 3 nitrogen and oxygen atoms in total. The van der Waals surface area contributed by atoms with Gasteiger partial charge in [-0.1, -0.05) is 12.8 Å². The molecule has 2 aromatic rings. The van der Waals surface area contributed by atoms with Crippen molar-refractivity contribution in [3.63, 3.8) is 0 Å². The number of thiophene rings is 1. The number of hydrogen-bond donors (Lipinski definition) is 1. The van der Waals surface area contributed by atoms with E-state index < -0.39 is 0 Å². The number of nitrogens with zero attached hydrogens (tertiary/aromatic N) is 2. The molecule has 0 radical (unpaired) electrons. The molecule has 20 heavy (non-hydrogen) atoms. The molecule has 0 saturated heterocycles. The summed E-state index contributed by atoms with van der Waals surface area (Å²) in [6, 6.07) is 5.08. The van der Waals surface area contributed by atoms with Crippen molar-refractivity contribution in [2.75, 3.05) is 0 Å². The normalized spacial score (nSPS) is 16.1. The van der Waals surface area contributed by atoms with Gasteiger partial charge < -0.3 is 5.32 Å². The van der Waals surface area contributed by atoms with Crippen LogP contribution in [0.3, 0.4) is 0 Å². The lowest BCUT2D eigenvalue weighted by Gasteiger charge is -2.08. The number of hydrogen-bond acceptors (Lipinski definition) is 3. The summed E-state index contributed by atoms with van der Waals surface area (Å²) < 4.78 is 2.17. The quantitative estimate of drug-likeness (QED) is 0.902. The van der Waals surface area contributed by atoms with Gasteiger partial charge in [-0.05, 0) is 44.4 Å². The highest BCUT2D eigenvalue weighted by Crippen LogP contribution is 2.28. The summed E-state index contributed by atoms with van der Waals surface area (Å²) in [5.41, 5.74) is 2.55. The molecule has 108 valence electrons. The maximum atomic E-state index is 4.70. The first kappa shape index (κ1) is 13.8. The van der Waals surface area contributed by atoms with E-state index in [9.17, 15) is 0 Å². The molecule has 4 heteroatoms. The van der Waals surface area contributed by atoms with Gasteiger partial charge in [-0.15, -0.1) is 11.3 Å². The van der Waals surface area contributed by atoms with Gasteiger partial charge in [0.25, 0.3) is 0 Å². The Morgan fingerprint density at radius 3 is 2.80 bits per heavy atom. The molecule has 0 bridgehead atoms. The molecule has 0 unspecified atom stereocenters. The number of rotatable bonds is 5. The molecule has 1 aliphatic carbocycles. The van der Waals surface area contributed by atoms with Crippen LogP contribution in [0.5, 0.6) is 0 Å². The molecular weight excluding hydrogens is 266 g/mol. The topological polar surface area (TPSA) is 29.9 Å². The van der Waals surface area contributed by atoms with Crippen molar-refractivity contribution in [1.29, 1.82) is 0 Å². The van der Waals surface area contributed by atoms with Gasteiger partial charge >= 0.3 is 0 Å². The van der Waals surface area contributed by atoms with Crippen molar-refractivity contribution >= 4 is 11.3 Å². The molecule has 3 rings (SSSR count). The summed E-state index contributed by atoms with van der Waals surface area (Å²) in [6.45, 7) is 6.16. The molecule has 0 aliphatic heterocycles. The largest absolute Gasteiger partial charge is 0.306 e. The van der Waals surface area contributed by atoms with E-state index in [0.717, 1.165) is 18.8 Å². The Kier molecular flexibility index (Phi) is 4.22. The molecule has 1 aliphatic rings. The zero-order chi connectivity index (χ0) is 13.9. The van der Waals surface area contributed by atoms with E-state index in [1.807, 2.05) is 11.3 Å². The fraction of sp³-hybridized carbons (Fsp3) is 0.562. The summed E-state index contributed by atoms with van der Waals surface area (Å²) in [7, 11) is 0. The number of aromatic nitrogens is 2. The number of nitrogens with one attached hydrogen (secondary N) is 1. The Hall–Kier alpha value is -1.13. The Balaban J connectivity index is 1.51. The van der Waals surface area contributed by atoms with Crippen LogP contribution in [0.4, 0.5) is 0 Å². The zero-order valence-electron chi connectivity index (χ0n) is 12.4. The summed E-state index contributed by atoms with van der Waals surface area (Å²) in [6.07, 6.45) is 7.45. The highest BCUT2D eigenvalue weighted by molar-refractivity contribution is 7.12. The average Bonchev–Trinajstić information content (AvgIpc) is 3.12. The highest BCUT2D eigenvalue weighted by atomic mass is 32.1. The van der Waals surface area contributed by atoms with Crippen molar-refractivity contribution < 1.29 is 0 Å². The van der Waals surface area contributed by atoms with E-state index in [2.05, 4.69) is 42.2 Å². The lowest BCUT2D eigenvalue weighted by molar-refractivity contribution is 0.461. The Labute approximate surface area is 125 Å². The maximum absolute atomic E-state index is 4.70. The predicted octanol–water partition coefficient (Wildman–Crippen LogP) is 3.97. The van der Waals surface area contributed by atoms with Crippen LogP contribution >= 0.6 is 11.3 Å². The molecule has 0 aromatic carbocycles. The molecule has 1 N–H and O–H groups in total. The molecule has 0 amide bonds. The Morgan fingerprint density at radius 2 is 2.10 bits per heavy atom. The van der Waals surface area contributed by atoms with Crippen LogP contribution < -0.4 is 5.32 Å². The Morgan fingerprint density at radius 1 is 1.30 bits per heavy atom. The van der Waals surface area contributed by atoms with Gasteiger partial charge in [0.1, 0.15) is 0 Å². The lowest BCUT2D eigenvalue weighted by Crippen LogP contribution is -2.13. The minimum Gasteiger partial charge on any atom is -0.306 e. The van der Waals surface area contributed by atoms with Crippen molar-refractivity contribution in [2.45, 2.75) is 58.7 Å². The SMILES string of the molecule is Cc1cc(CNCc2ccn(C3CCCC3)n2)sc1C. The molecule has 2 heterocycles. The Bertz CT molecular complexity index is 545. The number of aryl methyl sites for hydroxylation is 2. The third-order valence-electron chi connectivity index (χ3n) is 4.18. The van der Waals surface area contributed by atoms with E-state index >= 15 is 0 Å². The van der Waals surface area contributed by atoms with Gasteiger partial charge in [-0.3, -0.25) is 4.68 Å². The van der Waals surface area contributed by atoms with Crippen LogP contribution in [0.1, 0.15) is 52.7 Å². The molecule has 0 spiro atoms. The lowest BCUT2D eigenvalue weighted by atomic mass is 10.3. The average molecular weight is 289 g/mol. The second-order valence-corrected chi connectivity index (χ2v) is 7.12. The fourth-order valence-electron chi connectivity index (χ4n) is 2.89. The standard InChI is InChI=1S/C16H23N3S/c1-12-9-16(20-13(12)2)11-17-10-14-7-8-19(18-14)15-5-3-4-6-15/h7-9,15,17H,3-6,10-11H2,1-2H3. The van der Waals surface area contributed by atoms with E-state index in [0.29, 0.717) is 6.04 Å². The van der Waals surface area contributed by atoms with Gasteiger partial charge in [0, 0.05) is 29.0 Å². The van der Waals surface area contributed by atoms with Gasteiger partial charge in [-0.25, -0.2) is 0 Å². The van der Waals surface area contributed by atoms with E-state index in [4.69, 9.17) is 5.10 Å². The molecule has 1 fully saturated rings. The monoisotopic (exact) mass is 289 g/mol. The maximum Gasteiger partial charge on any atom is 0.0762 e. The molecule has 2 aromatic heterocycles.